The van der Waals surface area contributed by atoms with Crippen LogP contribution in [-0.2, 0) is 6.54 Å². The van der Waals surface area contributed by atoms with E-state index >= 15 is 0 Å². The molecule has 0 saturated heterocycles. The van der Waals surface area contributed by atoms with Crippen molar-refractivity contribution in [3.8, 4) is 0 Å². The molecule has 1 saturated carbocycles. The van der Waals surface area contributed by atoms with E-state index in [4.69, 9.17) is 28.2 Å². The van der Waals surface area contributed by atoms with Crippen molar-refractivity contribution in [3.05, 3.63) is 29.0 Å². The Morgan fingerprint density at radius 2 is 1.86 bits per heavy atom. The van der Waals surface area contributed by atoms with E-state index in [9.17, 15) is 0 Å². The molecule has 2 aromatic rings. The summed E-state index contributed by atoms with van der Waals surface area (Å²) in [6, 6.07) is 5.89. The Balaban J connectivity index is 2.07. The smallest absolute Gasteiger partial charge is 0.127 e. The molecule has 1 aliphatic carbocycles. The SMILES string of the molecule is CC(Cl)c1nc2cc(Cl)ccc2n1CC1C(C)(C)C1(C)C. The van der Waals surface area contributed by atoms with E-state index in [0.29, 0.717) is 21.8 Å². The predicted octanol–water partition coefficient (Wildman–Crippen LogP) is 5.67. The number of hydrogen-bond acceptors (Lipinski definition) is 1. The van der Waals surface area contributed by atoms with Crippen LogP contribution in [0.2, 0.25) is 5.02 Å². The van der Waals surface area contributed by atoms with Crippen LogP contribution in [0.15, 0.2) is 18.2 Å². The van der Waals surface area contributed by atoms with Crippen LogP contribution in [0.25, 0.3) is 11.0 Å². The molecule has 0 aliphatic heterocycles. The lowest BCUT2D eigenvalue weighted by atomic mass is 10.0. The summed E-state index contributed by atoms with van der Waals surface area (Å²) >= 11 is 12.4. The van der Waals surface area contributed by atoms with E-state index in [0.717, 1.165) is 23.4 Å². The van der Waals surface area contributed by atoms with Gasteiger partial charge in [-0.25, -0.2) is 4.98 Å². The molecule has 1 unspecified atom stereocenters. The van der Waals surface area contributed by atoms with Crippen LogP contribution in [-0.4, -0.2) is 9.55 Å². The topological polar surface area (TPSA) is 17.8 Å². The van der Waals surface area contributed by atoms with Gasteiger partial charge in [-0.05, 0) is 41.9 Å². The van der Waals surface area contributed by atoms with Gasteiger partial charge in [0.1, 0.15) is 5.82 Å². The first-order valence-corrected chi connectivity index (χ1v) is 8.27. The maximum absolute atomic E-state index is 6.35. The van der Waals surface area contributed by atoms with Gasteiger partial charge in [0.05, 0.1) is 16.4 Å². The van der Waals surface area contributed by atoms with Gasteiger partial charge in [0.15, 0.2) is 0 Å². The molecule has 1 aliphatic rings. The van der Waals surface area contributed by atoms with Crippen molar-refractivity contribution in [1.82, 2.24) is 9.55 Å². The summed E-state index contributed by atoms with van der Waals surface area (Å²) in [5.41, 5.74) is 2.76. The summed E-state index contributed by atoms with van der Waals surface area (Å²) in [6.07, 6.45) is 0. The summed E-state index contributed by atoms with van der Waals surface area (Å²) in [4.78, 5) is 4.70. The van der Waals surface area contributed by atoms with Crippen LogP contribution in [0.5, 0.6) is 0 Å². The first kappa shape index (κ1) is 15.2. The Hall–Kier alpha value is -0.730. The lowest BCUT2D eigenvalue weighted by Gasteiger charge is -2.12. The van der Waals surface area contributed by atoms with Crippen molar-refractivity contribution >= 4 is 34.2 Å². The number of aromatic nitrogens is 2. The zero-order valence-corrected chi connectivity index (χ0v) is 14.8. The number of rotatable bonds is 3. The Labute approximate surface area is 136 Å². The number of nitrogens with zero attached hydrogens (tertiary/aromatic N) is 2. The minimum absolute atomic E-state index is 0.110. The van der Waals surface area contributed by atoms with Crippen LogP contribution < -0.4 is 0 Å². The van der Waals surface area contributed by atoms with Crippen molar-refractivity contribution < 1.29 is 0 Å². The van der Waals surface area contributed by atoms with Crippen molar-refractivity contribution in [2.24, 2.45) is 16.7 Å². The van der Waals surface area contributed by atoms with Gasteiger partial charge in [-0.1, -0.05) is 39.3 Å². The Morgan fingerprint density at radius 1 is 1.24 bits per heavy atom. The largest absolute Gasteiger partial charge is 0.326 e. The first-order valence-electron chi connectivity index (χ1n) is 7.46. The molecular formula is C17H22Cl2N2. The summed E-state index contributed by atoms with van der Waals surface area (Å²) in [5, 5.41) is 0.606. The third-order valence-corrected chi connectivity index (χ3v) is 6.21. The van der Waals surface area contributed by atoms with Crippen LogP contribution in [0.1, 0.15) is 45.8 Å². The fourth-order valence-corrected chi connectivity index (χ4v) is 3.92. The molecule has 0 bridgehead atoms. The molecule has 1 fully saturated rings. The Kier molecular flexibility index (Phi) is 3.35. The zero-order valence-electron chi connectivity index (χ0n) is 13.2. The van der Waals surface area contributed by atoms with Crippen molar-refractivity contribution in [2.45, 2.75) is 46.5 Å². The number of hydrogen-bond donors (Lipinski definition) is 0. The molecule has 4 heteroatoms. The van der Waals surface area contributed by atoms with Crippen LogP contribution in [0, 0.1) is 16.7 Å². The van der Waals surface area contributed by atoms with E-state index in [1.165, 1.54) is 0 Å². The second-order valence-electron chi connectivity index (χ2n) is 7.33. The summed E-state index contributed by atoms with van der Waals surface area (Å²) in [5.74, 6) is 1.57. The molecule has 0 radical (unpaired) electrons. The second kappa shape index (κ2) is 4.63. The van der Waals surface area contributed by atoms with Gasteiger partial charge in [0.25, 0.3) is 0 Å². The number of imidazole rings is 1. The van der Waals surface area contributed by atoms with E-state index in [-0.39, 0.29) is 5.38 Å². The summed E-state index contributed by atoms with van der Waals surface area (Å²) < 4.78 is 2.28. The van der Waals surface area contributed by atoms with E-state index in [1.54, 1.807) is 0 Å². The number of benzene rings is 1. The molecule has 2 nitrogen and oxygen atoms in total. The highest BCUT2D eigenvalue weighted by atomic mass is 35.5. The molecule has 0 spiro atoms. The predicted molar refractivity (Wildman–Crippen MR) is 90.1 cm³/mol. The Bertz CT molecular complexity index is 684. The monoisotopic (exact) mass is 324 g/mol. The van der Waals surface area contributed by atoms with Gasteiger partial charge in [-0.15, -0.1) is 11.6 Å². The van der Waals surface area contributed by atoms with E-state index in [2.05, 4.69) is 38.3 Å². The highest BCUT2D eigenvalue weighted by molar-refractivity contribution is 6.31. The van der Waals surface area contributed by atoms with E-state index in [1.807, 2.05) is 19.1 Å². The van der Waals surface area contributed by atoms with Crippen molar-refractivity contribution in [2.75, 3.05) is 0 Å². The number of fused-ring (bicyclic) bond motifs is 1. The standard InChI is InChI=1S/C17H22Cl2N2/c1-10(18)15-20-12-8-11(19)6-7-13(12)21(15)9-14-16(2,3)17(14,4)5/h6-8,10,14H,9H2,1-5H3. The molecule has 1 heterocycles. The minimum Gasteiger partial charge on any atom is -0.326 e. The average Bonchev–Trinajstić information content (AvgIpc) is 2.70. The molecule has 21 heavy (non-hydrogen) atoms. The molecule has 1 aromatic carbocycles. The third-order valence-electron chi connectivity index (χ3n) is 5.78. The molecule has 3 rings (SSSR count). The van der Waals surface area contributed by atoms with Gasteiger partial charge >= 0.3 is 0 Å². The highest BCUT2D eigenvalue weighted by Crippen LogP contribution is 2.69. The quantitative estimate of drug-likeness (QED) is 0.665. The highest BCUT2D eigenvalue weighted by Gasteiger charge is 2.64. The lowest BCUT2D eigenvalue weighted by molar-refractivity contribution is 0.457. The lowest BCUT2D eigenvalue weighted by Crippen LogP contribution is -2.09. The maximum Gasteiger partial charge on any atom is 0.127 e. The first-order chi connectivity index (χ1) is 9.66. The fraction of sp³-hybridized carbons (Fsp3) is 0.588. The van der Waals surface area contributed by atoms with E-state index < -0.39 is 0 Å². The van der Waals surface area contributed by atoms with Gasteiger partial charge < -0.3 is 4.57 Å². The van der Waals surface area contributed by atoms with Crippen molar-refractivity contribution in [1.29, 1.82) is 0 Å². The van der Waals surface area contributed by atoms with Crippen LogP contribution >= 0.6 is 23.2 Å². The normalized spacial score (nSPS) is 21.7. The fourth-order valence-electron chi connectivity index (χ4n) is 3.59. The molecule has 0 N–H and O–H groups in total. The van der Waals surface area contributed by atoms with Gasteiger partial charge in [0, 0.05) is 11.6 Å². The molecule has 114 valence electrons. The third kappa shape index (κ3) is 2.19. The molecular weight excluding hydrogens is 303 g/mol. The van der Waals surface area contributed by atoms with Gasteiger partial charge in [-0.2, -0.15) is 0 Å². The number of alkyl halides is 1. The summed E-state index contributed by atoms with van der Waals surface area (Å²) in [6.45, 7) is 12.3. The maximum atomic E-state index is 6.35. The Morgan fingerprint density at radius 3 is 2.38 bits per heavy atom. The molecule has 0 amide bonds. The zero-order chi connectivity index (χ0) is 15.6. The average molecular weight is 325 g/mol. The van der Waals surface area contributed by atoms with Crippen molar-refractivity contribution in [3.63, 3.8) is 0 Å². The second-order valence-corrected chi connectivity index (χ2v) is 8.42. The molecule has 1 aromatic heterocycles. The summed E-state index contributed by atoms with van der Waals surface area (Å²) in [7, 11) is 0. The van der Waals surface area contributed by atoms with Gasteiger partial charge in [-0.3, -0.25) is 0 Å². The number of halogens is 2. The van der Waals surface area contributed by atoms with Gasteiger partial charge in [0.2, 0.25) is 0 Å². The van der Waals surface area contributed by atoms with Crippen LogP contribution in [0.3, 0.4) is 0 Å². The molecule has 1 atom stereocenters. The minimum atomic E-state index is -0.110. The van der Waals surface area contributed by atoms with Crippen LogP contribution in [0.4, 0.5) is 0 Å².